The highest BCUT2D eigenvalue weighted by molar-refractivity contribution is 5.89. The van der Waals surface area contributed by atoms with Crippen molar-refractivity contribution >= 4 is 16.9 Å². The number of carbonyl (C=O) groups is 1. The van der Waals surface area contributed by atoms with E-state index in [1.807, 2.05) is 24.3 Å². The van der Waals surface area contributed by atoms with Gasteiger partial charge in [0, 0.05) is 28.6 Å². The molecule has 26 heavy (non-hydrogen) atoms. The lowest BCUT2D eigenvalue weighted by atomic mass is 9.92. The van der Waals surface area contributed by atoms with Crippen molar-refractivity contribution in [1.29, 1.82) is 0 Å². The van der Waals surface area contributed by atoms with Gasteiger partial charge in [0.25, 0.3) is 0 Å². The summed E-state index contributed by atoms with van der Waals surface area (Å²) in [7, 11) is 3.08. The van der Waals surface area contributed by atoms with E-state index in [0.29, 0.717) is 12.1 Å². The van der Waals surface area contributed by atoms with Gasteiger partial charge in [-0.05, 0) is 42.0 Å². The lowest BCUT2D eigenvalue weighted by molar-refractivity contribution is 0.0600. The molecule has 4 nitrogen and oxygen atoms in total. The molecule has 3 rings (SSSR count). The maximum atomic E-state index is 11.8. The van der Waals surface area contributed by atoms with E-state index in [1.54, 1.807) is 13.2 Å². The zero-order chi connectivity index (χ0) is 18.9. The van der Waals surface area contributed by atoms with Crippen molar-refractivity contribution in [1.82, 2.24) is 4.57 Å². The third kappa shape index (κ3) is 3.45. The summed E-state index contributed by atoms with van der Waals surface area (Å²) in [4.78, 5) is 11.8. The Bertz CT molecular complexity index is 948. The van der Waals surface area contributed by atoms with Gasteiger partial charge in [0.05, 0.1) is 19.8 Å². The van der Waals surface area contributed by atoms with Crippen LogP contribution in [0.25, 0.3) is 10.9 Å². The number of carbonyl (C=O) groups excluding carboxylic acids is 1. The molecule has 136 valence electrons. The van der Waals surface area contributed by atoms with Crippen LogP contribution in [0.2, 0.25) is 0 Å². The average Bonchev–Trinajstić information content (AvgIpc) is 2.99. The Hall–Kier alpha value is -2.75. The van der Waals surface area contributed by atoms with Crippen molar-refractivity contribution < 1.29 is 14.3 Å². The van der Waals surface area contributed by atoms with Crippen LogP contribution in [-0.4, -0.2) is 24.8 Å². The molecule has 4 heteroatoms. The first kappa shape index (κ1) is 18.1. The van der Waals surface area contributed by atoms with Crippen LogP contribution >= 0.6 is 0 Å². The van der Waals surface area contributed by atoms with E-state index in [0.717, 1.165) is 22.2 Å². The minimum atomic E-state index is -0.315. The Labute approximate surface area is 154 Å². The molecule has 1 heterocycles. The molecular weight excluding hydrogens is 326 g/mol. The fraction of sp³-hybridized carbons (Fsp3) is 0.318. The molecule has 0 unspecified atom stereocenters. The molecule has 0 aliphatic heterocycles. The molecule has 0 atom stereocenters. The zero-order valence-electron chi connectivity index (χ0n) is 16.0. The van der Waals surface area contributed by atoms with Gasteiger partial charge in [-0.25, -0.2) is 4.79 Å². The van der Waals surface area contributed by atoms with Gasteiger partial charge < -0.3 is 14.0 Å². The maximum absolute atomic E-state index is 11.8. The number of hydrogen-bond donors (Lipinski definition) is 0. The first-order chi connectivity index (χ1) is 12.3. The normalized spacial score (nSPS) is 11.6. The van der Waals surface area contributed by atoms with Gasteiger partial charge in [-0.3, -0.25) is 0 Å². The van der Waals surface area contributed by atoms with Crippen LogP contribution in [0.4, 0.5) is 0 Å². The second kappa shape index (κ2) is 6.87. The largest absolute Gasteiger partial charge is 0.497 e. The Kier molecular flexibility index (Phi) is 4.77. The summed E-state index contributed by atoms with van der Waals surface area (Å²) in [6.07, 6.45) is 0. The highest BCUT2D eigenvalue weighted by Crippen LogP contribution is 2.32. The Morgan fingerprint density at radius 2 is 1.81 bits per heavy atom. The molecule has 0 aliphatic rings. The first-order valence-electron chi connectivity index (χ1n) is 8.68. The predicted octanol–water partition coefficient (Wildman–Crippen LogP) is 4.78. The van der Waals surface area contributed by atoms with Gasteiger partial charge in [-0.15, -0.1) is 0 Å². The van der Waals surface area contributed by atoms with Crippen molar-refractivity contribution in [2.75, 3.05) is 14.2 Å². The number of ether oxygens (including phenoxy) is 2. The van der Waals surface area contributed by atoms with E-state index in [4.69, 9.17) is 9.47 Å². The van der Waals surface area contributed by atoms with Crippen LogP contribution < -0.4 is 4.74 Å². The molecule has 0 saturated heterocycles. The third-order valence-corrected chi connectivity index (χ3v) is 4.57. The molecule has 0 N–H and O–H groups in total. The Balaban J connectivity index is 2.10. The van der Waals surface area contributed by atoms with Gasteiger partial charge in [-0.1, -0.05) is 32.9 Å². The summed E-state index contributed by atoms with van der Waals surface area (Å²) in [5.41, 5.74) is 4.02. The molecule has 0 fully saturated rings. The van der Waals surface area contributed by atoms with Crippen molar-refractivity contribution in [3.8, 4) is 5.75 Å². The van der Waals surface area contributed by atoms with Crippen LogP contribution in [-0.2, 0) is 16.7 Å². The quantitative estimate of drug-likeness (QED) is 0.635. The molecule has 0 spiro atoms. The molecule has 1 aromatic heterocycles. The average molecular weight is 351 g/mol. The van der Waals surface area contributed by atoms with Crippen LogP contribution in [0.15, 0.2) is 48.5 Å². The summed E-state index contributed by atoms with van der Waals surface area (Å²) >= 11 is 0. The van der Waals surface area contributed by atoms with Gasteiger partial charge in [0.15, 0.2) is 0 Å². The zero-order valence-corrected chi connectivity index (χ0v) is 16.0. The molecule has 0 aliphatic carbocycles. The second-order valence-corrected chi connectivity index (χ2v) is 7.48. The van der Waals surface area contributed by atoms with Gasteiger partial charge in [0.2, 0.25) is 0 Å². The first-order valence-corrected chi connectivity index (χ1v) is 8.68. The fourth-order valence-electron chi connectivity index (χ4n) is 3.26. The van der Waals surface area contributed by atoms with E-state index in [2.05, 4.69) is 43.5 Å². The monoisotopic (exact) mass is 351 g/mol. The van der Waals surface area contributed by atoms with Crippen molar-refractivity contribution in [2.45, 2.75) is 32.7 Å². The fourth-order valence-corrected chi connectivity index (χ4v) is 3.26. The summed E-state index contributed by atoms with van der Waals surface area (Å²) in [5.74, 6) is 0.535. The van der Waals surface area contributed by atoms with Gasteiger partial charge in [0.1, 0.15) is 5.75 Å². The number of fused-ring (bicyclic) bond motifs is 1. The topological polar surface area (TPSA) is 40.5 Å². The molecule has 0 amide bonds. The van der Waals surface area contributed by atoms with Crippen molar-refractivity contribution in [3.63, 3.8) is 0 Å². The van der Waals surface area contributed by atoms with Gasteiger partial charge in [-0.2, -0.15) is 0 Å². The van der Waals surface area contributed by atoms with Crippen LogP contribution in [0.5, 0.6) is 5.75 Å². The van der Waals surface area contributed by atoms with Crippen molar-refractivity contribution in [2.24, 2.45) is 0 Å². The van der Waals surface area contributed by atoms with E-state index in [-0.39, 0.29) is 11.4 Å². The van der Waals surface area contributed by atoms with E-state index in [9.17, 15) is 4.79 Å². The number of esters is 1. The summed E-state index contributed by atoms with van der Waals surface area (Å²) in [6.45, 7) is 7.31. The molecule has 0 saturated carbocycles. The number of rotatable bonds is 4. The standard InChI is InChI=1S/C22H25NO3/c1-22(2,3)20-13-17-12-18(25-4)9-10-19(17)23(20)14-15-7-6-8-16(11-15)21(24)26-5/h6-13H,14H2,1-5H3. The lowest BCUT2D eigenvalue weighted by Gasteiger charge is -2.22. The van der Waals surface area contributed by atoms with E-state index in [1.165, 1.54) is 12.8 Å². The maximum Gasteiger partial charge on any atom is 0.337 e. The highest BCUT2D eigenvalue weighted by atomic mass is 16.5. The molecule has 0 bridgehead atoms. The van der Waals surface area contributed by atoms with Crippen LogP contribution in [0, 0.1) is 0 Å². The second-order valence-electron chi connectivity index (χ2n) is 7.48. The number of aromatic nitrogens is 1. The Morgan fingerprint density at radius 1 is 1.04 bits per heavy atom. The number of methoxy groups -OCH3 is 2. The smallest absolute Gasteiger partial charge is 0.337 e. The van der Waals surface area contributed by atoms with Gasteiger partial charge >= 0.3 is 5.97 Å². The summed E-state index contributed by atoms with van der Waals surface area (Å²) in [6, 6.07) is 16.0. The number of benzene rings is 2. The van der Waals surface area contributed by atoms with Crippen LogP contribution in [0.3, 0.4) is 0 Å². The minimum absolute atomic E-state index is 0.00772. The Morgan fingerprint density at radius 3 is 2.46 bits per heavy atom. The minimum Gasteiger partial charge on any atom is -0.497 e. The third-order valence-electron chi connectivity index (χ3n) is 4.57. The molecule has 0 radical (unpaired) electrons. The number of nitrogens with zero attached hydrogens (tertiary/aromatic N) is 1. The summed E-state index contributed by atoms with van der Waals surface area (Å²) in [5, 5.41) is 1.15. The summed E-state index contributed by atoms with van der Waals surface area (Å²) < 4.78 is 12.5. The van der Waals surface area contributed by atoms with E-state index >= 15 is 0 Å². The molecule has 2 aromatic carbocycles. The molecule has 3 aromatic rings. The lowest BCUT2D eigenvalue weighted by Crippen LogP contribution is -2.18. The van der Waals surface area contributed by atoms with Crippen LogP contribution in [0.1, 0.15) is 42.4 Å². The number of hydrogen-bond acceptors (Lipinski definition) is 3. The van der Waals surface area contributed by atoms with E-state index < -0.39 is 0 Å². The van der Waals surface area contributed by atoms with Crippen molar-refractivity contribution in [3.05, 3.63) is 65.4 Å². The molecular formula is C22H25NO3. The predicted molar refractivity (Wildman–Crippen MR) is 104 cm³/mol. The SMILES string of the molecule is COC(=O)c1cccc(Cn2c(C(C)(C)C)cc3cc(OC)ccc32)c1. The highest BCUT2D eigenvalue weighted by Gasteiger charge is 2.21.